The Morgan fingerprint density at radius 3 is 3.27 bits per heavy atom. The summed E-state index contributed by atoms with van der Waals surface area (Å²) in [6.45, 7) is 0.0622. The molecular weight excluding hydrogens is 148 g/mol. The van der Waals surface area contributed by atoms with Crippen LogP contribution in [0, 0.1) is 0 Å². The molecule has 0 saturated heterocycles. The van der Waals surface area contributed by atoms with Crippen molar-refractivity contribution in [1.82, 2.24) is 10.3 Å². The Bertz CT molecular complexity index is 220. The molecule has 1 aromatic heterocycles. The molecule has 0 unspecified atom stereocenters. The number of nitrogens with zero attached hydrogens (tertiary/aromatic N) is 1. The van der Waals surface area contributed by atoms with Gasteiger partial charge in [-0.2, -0.15) is 0 Å². The quantitative estimate of drug-likeness (QED) is 0.678. The van der Waals surface area contributed by atoms with Crippen LogP contribution in [-0.4, -0.2) is 18.1 Å². The van der Waals surface area contributed by atoms with Gasteiger partial charge in [0.05, 0.1) is 6.20 Å². The van der Waals surface area contributed by atoms with E-state index in [9.17, 15) is 4.79 Å². The number of ether oxygens (including phenoxy) is 1. The van der Waals surface area contributed by atoms with Crippen molar-refractivity contribution in [2.24, 2.45) is 0 Å². The maximum atomic E-state index is 10.5. The van der Waals surface area contributed by atoms with E-state index in [1.807, 2.05) is 0 Å². The molecule has 0 fully saturated rings. The van der Waals surface area contributed by atoms with Gasteiger partial charge in [0, 0.05) is 7.05 Å². The summed E-state index contributed by atoms with van der Waals surface area (Å²) in [5, 5.41) is 2.30. The van der Waals surface area contributed by atoms with Crippen molar-refractivity contribution in [2.45, 2.75) is 6.61 Å². The molecule has 1 rings (SSSR count). The zero-order valence-electron chi connectivity index (χ0n) is 6.03. The highest BCUT2D eigenvalue weighted by molar-refractivity contribution is 5.66. The molecule has 11 heavy (non-hydrogen) atoms. The summed E-state index contributed by atoms with van der Waals surface area (Å²) < 4.78 is 9.44. The Morgan fingerprint density at radius 2 is 2.73 bits per heavy atom. The Balaban J connectivity index is 2.29. The van der Waals surface area contributed by atoms with Crippen LogP contribution < -0.4 is 5.32 Å². The van der Waals surface area contributed by atoms with Crippen LogP contribution in [0.2, 0.25) is 0 Å². The van der Waals surface area contributed by atoms with Crippen LogP contribution >= 0.6 is 0 Å². The van der Waals surface area contributed by atoms with Crippen molar-refractivity contribution >= 4 is 6.09 Å². The molecule has 1 N–H and O–H groups in total. The highest BCUT2D eigenvalue weighted by atomic mass is 16.6. The predicted molar refractivity (Wildman–Crippen MR) is 35.7 cm³/mol. The molecule has 0 aliphatic carbocycles. The number of alkyl carbamates (subject to hydrolysis) is 1. The maximum absolute atomic E-state index is 10.5. The van der Waals surface area contributed by atoms with Gasteiger partial charge in [0.1, 0.15) is 6.26 Å². The van der Waals surface area contributed by atoms with E-state index in [-0.39, 0.29) is 6.61 Å². The van der Waals surface area contributed by atoms with Gasteiger partial charge >= 0.3 is 6.09 Å². The summed E-state index contributed by atoms with van der Waals surface area (Å²) in [5.74, 6) is 0.383. The van der Waals surface area contributed by atoms with E-state index in [4.69, 9.17) is 4.42 Å². The number of carbonyl (C=O) groups excluding carboxylic acids is 1. The van der Waals surface area contributed by atoms with E-state index >= 15 is 0 Å². The first-order valence-electron chi connectivity index (χ1n) is 3.06. The van der Waals surface area contributed by atoms with Gasteiger partial charge in [-0.3, -0.25) is 0 Å². The second-order valence-corrected chi connectivity index (χ2v) is 1.75. The van der Waals surface area contributed by atoms with Gasteiger partial charge in [0.15, 0.2) is 6.61 Å². The fourth-order valence-corrected chi connectivity index (χ4v) is 0.524. The minimum Gasteiger partial charge on any atom is -0.446 e. The molecule has 0 atom stereocenters. The van der Waals surface area contributed by atoms with Crippen molar-refractivity contribution in [2.75, 3.05) is 7.05 Å². The standard InChI is InChI=1S/C6H8N2O3/c1-7-6(9)11-4-5-8-2-3-10-5/h2-3H,4H2,1H3,(H,7,9). The lowest BCUT2D eigenvalue weighted by Crippen LogP contribution is -2.18. The fourth-order valence-electron chi connectivity index (χ4n) is 0.524. The lowest BCUT2D eigenvalue weighted by molar-refractivity contribution is 0.131. The molecule has 0 aliphatic rings. The summed E-state index contributed by atoms with van der Waals surface area (Å²) >= 11 is 0. The second kappa shape index (κ2) is 3.60. The number of oxazole rings is 1. The Kier molecular flexibility index (Phi) is 2.48. The van der Waals surface area contributed by atoms with Gasteiger partial charge in [-0.1, -0.05) is 0 Å². The van der Waals surface area contributed by atoms with E-state index in [2.05, 4.69) is 15.0 Å². The van der Waals surface area contributed by atoms with E-state index in [1.54, 1.807) is 0 Å². The highest BCUT2D eigenvalue weighted by Gasteiger charge is 2.01. The lowest BCUT2D eigenvalue weighted by atomic mass is 10.7. The first-order valence-corrected chi connectivity index (χ1v) is 3.06. The van der Waals surface area contributed by atoms with E-state index in [0.717, 1.165) is 0 Å². The number of hydrogen-bond donors (Lipinski definition) is 1. The molecule has 1 aromatic rings. The highest BCUT2D eigenvalue weighted by Crippen LogP contribution is 1.96. The van der Waals surface area contributed by atoms with Crippen LogP contribution in [-0.2, 0) is 11.3 Å². The van der Waals surface area contributed by atoms with Crippen molar-refractivity contribution in [3.05, 3.63) is 18.4 Å². The zero-order valence-corrected chi connectivity index (χ0v) is 6.03. The predicted octanol–water partition coefficient (Wildman–Crippen LogP) is 0.531. The summed E-state index contributed by atoms with van der Waals surface area (Å²) in [5.41, 5.74) is 0. The van der Waals surface area contributed by atoms with Crippen molar-refractivity contribution < 1.29 is 13.9 Å². The van der Waals surface area contributed by atoms with Gasteiger partial charge in [-0.15, -0.1) is 0 Å². The maximum Gasteiger partial charge on any atom is 0.407 e. The topological polar surface area (TPSA) is 64.4 Å². The molecule has 1 heterocycles. The number of rotatable bonds is 2. The van der Waals surface area contributed by atoms with Crippen LogP contribution in [0.15, 0.2) is 16.9 Å². The third-order valence-electron chi connectivity index (χ3n) is 1.01. The lowest BCUT2D eigenvalue weighted by Gasteiger charge is -1.98. The third kappa shape index (κ3) is 2.29. The molecule has 0 radical (unpaired) electrons. The monoisotopic (exact) mass is 156 g/mol. The van der Waals surface area contributed by atoms with Gasteiger partial charge < -0.3 is 14.5 Å². The van der Waals surface area contributed by atoms with Gasteiger partial charge in [-0.25, -0.2) is 9.78 Å². The first kappa shape index (κ1) is 7.59. The smallest absolute Gasteiger partial charge is 0.407 e. The Hall–Kier alpha value is -1.52. The number of aromatic nitrogens is 1. The van der Waals surface area contributed by atoms with Crippen molar-refractivity contribution in [3.63, 3.8) is 0 Å². The molecule has 60 valence electrons. The van der Waals surface area contributed by atoms with Gasteiger partial charge in [0.2, 0.25) is 5.89 Å². The number of hydrogen-bond acceptors (Lipinski definition) is 4. The number of carbonyl (C=O) groups is 1. The summed E-state index contributed by atoms with van der Waals surface area (Å²) in [4.78, 5) is 14.3. The molecule has 0 spiro atoms. The molecule has 0 aliphatic heterocycles. The number of nitrogens with one attached hydrogen (secondary N) is 1. The van der Waals surface area contributed by atoms with Crippen LogP contribution in [0.4, 0.5) is 4.79 Å². The molecule has 0 aromatic carbocycles. The normalized spacial score (nSPS) is 9.18. The van der Waals surface area contributed by atoms with Crippen LogP contribution in [0.3, 0.4) is 0 Å². The van der Waals surface area contributed by atoms with E-state index < -0.39 is 6.09 Å². The summed E-state index contributed by atoms with van der Waals surface area (Å²) in [7, 11) is 1.48. The summed E-state index contributed by atoms with van der Waals surface area (Å²) in [6, 6.07) is 0. The third-order valence-corrected chi connectivity index (χ3v) is 1.01. The van der Waals surface area contributed by atoms with Crippen LogP contribution in [0.25, 0.3) is 0 Å². The minimum absolute atomic E-state index is 0.0622. The minimum atomic E-state index is -0.497. The first-order chi connectivity index (χ1) is 5.33. The molecular formula is C6H8N2O3. The van der Waals surface area contributed by atoms with Crippen LogP contribution in [0.1, 0.15) is 5.89 Å². The molecule has 5 nitrogen and oxygen atoms in total. The second-order valence-electron chi connectivity index (χ2n) is 1.75. The largest absolute Gasteiger partial charge is 0.446 e. The molecule has 1 amide bonds. The Labute approximate surface area is 63.4 Å². The number of amides is 1. The molecule has 0 saturated carbocycles. The van der Waals surface area contributed by atoms with Crippen LogP contribution in [0.5, 0.6) is 0 Å². The SMILES string of the molecule is CNC(=O)OCc1ncco1. The van der Waals surface area contributed by atoms with Gasteiger partial charge in [-0.05, 0) is 0 Å². The zero-order chi connectivity index (χ0) is 8.10. The van der Waals surface area contributed by atoms with Crippen molar-refractivity contribution in [1.29, 1.82) is 0 Å². The molecule has 0 bridgehead atoms. The average molecular weight is 156 g/mol. The average Bonchev–Trinajstić information content (AvgIpc) is 2.52. The Morgan fingerprint density at radius 1 is 1.91 bits per heavy atom. The van der Waals surface area contributed by atoms with Crippen molar-refractivity contribution in [3.8, 4) is 0 Å². The van der Waals surface area contributed by atoms with E-state index in [0.29, 0.717) is 5.89 Å². The van der Waals surface area contributed by atoms with E-state index in [1.165, 1.54) is 19.5 Å². The summed E-state index contributed by atoms with van der Waals surface area (Å²) in [6.07, 6.45) is 2.41. The molecule has 5 heteroatoms. The fraction of sp³-hybridized carbons (Fsp3) is 0.333. The van der Waals surface area contributed by atoms with Gasteiger partial charge in [0.25, 0.3) is 0 Å².